The highest BCUT2D eigenvalue weighted by Gasteiger charge is 2.37. The molecule has 51 heavy (non-hydrogen) atoms. The maximum Gasteiger partial charge on any atom is 0.220 e. The summed E-state index contributed by atoms with van der Waals surface area (Å²) in [5, 5.41) is 12.7. The van der Waals surface area contributed by atoms with Gasteiger partial charge in [-0.1, -0.05) is 41.9 Å². The van der Waals surface area contributed by atoms with Crippen LogP contribution < -0.4 is 19.5 Å². The first kappa shape index (κ1) is 35.9. The van der Waals surface area contributed by atoms with Crippen molar-refractivity contribution in [2.45, 2.75) is 71.1 Å². The van der Waals surface area contributed by atoms with Gasteiger partial charge in [0.1, 0.15) is 36.5 Å². The summed E-state index contributed by atoms with van der Waals surface area (Å²) in [6.45, 7) is 8.19. The van der Waals surface area contributed by atoms with E-state index in [1.165, 1.54) is 12.3 Å². The van der Waals surface area contributed by atoms with Crippen LogP contribution in [0.2, 0.25) is 5.02 Å². The Bertz CT molecular complexity index is 1930. The molecule has 3 aromatic carbocycles. The van der Waals surface area contributed by atoms with E-state index in [2.05, 4.69) is 47.3 Å². The van der Waals surface area contributed by atoms with Gasteiger partial charge in [0.05, 0.1) is 22.8 Å². The van der Waals surface area contributed by atoms with Crippen molar-refractivity contribution in [1.82, 2.24) is 15.2 Å². The number of halogens is 1. The number of pyridine rings is 1. The number of aromatic nitrogens is 1. The maximum absolute atomic E-state index is 12.0. The largest absolute Gasteiger partial charge is 0.493 e. The number of carbonyl (C=O) groups excluding carboxylic acids is 2. The molecular formula is C41H43ClN4O5. The number of ether oxygens (including phenoxy) is 3. The third-order valence-electron chi connectivity index (χ3n) is 10.1. The number of nitrogens with one attached hydrogen (secondary N) is 1. The lowest BCUT2D eigenvalue weighted by Gasteiger charge is -2.44. The third-order valence-corrected chi connectivity index (χ3v) is 10.4. The van der Waals surface area contributed by atoms with Crippen molar-refractivity contribution >= 4 is 23.8 Å². The van der Waals surface area contributed by atoms with Crippen LogP contribution in [0.5, 0.6) is 17.2 Å². The number of nitriles is 1. The summed E-state index contributed by atoms with van der Waals surface area (Å²) in [6.07, 6.45) is 9.52. The summed E-state index contributed by atoms with van der Waals surface area (Å²) in [7, 11) is 0. The summed E-state index contributed by atoms with van der Waals surface area (Å²) >= 11 is 6.52. The number of hydrogen-bond acceptors (Lipinski definition) is 8. The van der Waals surface area contributed by atoms with Gasteiger partial charge in [-0.2, -0.15) is 5.26 Å². The van der Waals surface area contributed by atoms with Crippen LogP contribution in [0.15, 0.2) is 67.0 Å². The molecule has 1 N–H and O–H groups in total. The van der Waals surface area contributed by atoms with Crippen LogP contribution in [-0.4, -0.2) is 53.9 Å². The van der Waals surface area contributed by atoms with Crippen molar-refractivity contribution in [2.75, 3.05) is 26.2 Å². The van der Waals surface area contributed by atoms with Gasteiger partial charge in [0.15, 0.2) is 6.29 Å². The average Bonchev–Trinajstić information content (AvgIpc) is 3.14. The van der Waals surface area contributed by atoms with Gasteiger partial charge in [-0.3, -0.25) is 14.6 Å². The zero-order valence-electron chi connectivity index (χ0n) is 29.2. The number of nitrogens with zero attached hydrogens (tertiary/aromatic N) is 3. The van der Waals surface area contributed by atoms with Crippen molar-refractivity contribution in [3.8, 4) is 34.4 Å². The van der Waals surface area contributed by atoms with E-state index in [9.17, 15) is 9.59 Å². The van der Waals surface area contributed by atoms with Gasteiger partial charge in [0, 0.05) is 55.6 Å². The molecule has 1 aromatic heterocycles. The molecule has 1 spiro atoms. The van der Waals surface area contributed by atoms with Crippen molar-refractivity contribution in [2.24, 2.45) is 0 Å². The van der Waals surface area contributed by atoms with E-state index in [4.69, 9.17) is 31.1 Å². The number of benzene rings is 3. The van der Waals surface area contributed by atoms with E-state index in [-0.39, 0.29) is 24.7 Å². The Balaban J connectivity index is 1.06. The standard InChI is InChI=1S/C41H43ClN4O5/c1-28-32(27-51-39-21-38(33(25-47)20-36(39)42)50-26-31-19-30(22-43)23-44-24-31)7-3-8-34(28)35-9-4-10-37(29(35)2)49-18-6-15-46-16-13-41(14-17-46)12-5-11-40(48)45-41/h3-4,7-10,19-21,23-25H,5-6,11-18,26-27H2,1-2H3,(H,45,48). The van der Waals surface area contributed by atoms with Crippen LogP contribution >= 0.6 is 11.6 Å². The minimum absolute atomic E-state index is 0.0159. The highest BCUT2D eigenvalue weighted by molar-refractivity contribution is 6.32. The number of rotatable bonds is 13. The summed E-state index contributed by atoms with van der Waals surface area (Å²) < 4.78 is 18.4. The first-order valence-corrected chi connectivity index (χ1v) is 17.9. The molecule has 2 aliphatic rings. The van der Waals surface area contributed by atoms with Crippen LogP contribution in [0.25, 0.3) is 11.1 Å². The normalized spacial score (nSPS) is 15.5. The van der Waals surface area contributed by atoms with Gasteiger partial charge in [0.25, 0.3) is 0 Å². The Hall–Kier alpha value is -4.91. The van der Waals surface area contributed by atoms with E-state index >= 15 is 0 Å². The second kappa shape index (κ2) is 16.4. The van der Waals surface area contributed by atoms with Crippen LogP contribution in [0.4, 0.5) is 0 Å². The molecule has 2 saturated heterocycles. The fourth-order valence-corrected chi connectivity index (χ4v) is 7.30. The zero-order chi connectivity index (χ0) is 35.8. The Kier molecular flexibility index (Phi) is 11.5. The summed E-state index contributed by atoms with van der Waals surface area (Å²) in [5.74, 6) is 1.80. The Morgan fingerprint density at radius 2 is 1.71 bits per heavy atom. The number of piperidine rings is 2. The molecule has 10 heteroatoms. The highest BCUT2D eigenvalue weighted by atomic mass is 35.5. The van der Waals surface area contributed by atoms with Crippen molar-refractivity contribution in [3.05, 3.63) is 105 Å². The molecule has 0 saturated carbocycles. The number of likely N-dealkylation sites (tertiary alicyclic amines) is 1. The van der Waals surface area contributed by atoms with Gasteiger partial charge in [0.2, 0.25) is 5.91 Å². The molecule has 0 bridgehead atoms. The monoisotopic (exact) mass is 706 g/mol. The van der Waals surface area contributed by atoms with Crippen molar-refractivity contribution in [3.63, 3.8) is 0 Å². The topological polar surface area (TPSA) is 114 Å². The Labute approximate surface area is 304 Å². The van der Waals surface area contributed by atoms with Gasteiger partial charge < -0.3 is 24.4 Å². The van der Waals surface area contributed by atoms with E-state index in [1.54, 1.807) is 18.3 Å². The molecule has 2 fully saturated rings. The van der Waals surface area contributed by atoms with Crippen LogP contribution in [-0.2, 0) is 18.0 Å². The number of amides is 1. The van der Waals surface area contributed by atoms with Crippen molar-refractivity contribution in [1.29, 1.82) is 5.26 Å². The first-order valence-electron chi connectivity index (χ1n) is 17.5. The molecule has 0 unspecified atom stereocenters. The average molecular weight is 707 g/mol. The van der Waals surface area contributed by atoms with E-state index < -0.39 is 0 Å². The Morgan fingerprint density at radius 3 is 2.47 bits per heavy atom. The molecule has 0 aliphatic carbocycles. The fraction of sp³-hybridized carbons (Fsp3) is 0.366. The van der Waals surface area contributed by atoms with Gasteiger partial charge in [-0.05, 0) is 92.0 Å². The first-order chi connectivity index (χ1) is 24.8. The quantitative estimate of drug-likeness (QED) is 0.111. The second-order valence-electron chi connectivity index (χ2n) is 13.5. The van der Waals surface area contributed by atoms with E-state index in [1.807, 2.05) is 24.3 Å². The van der Waals surface area contributed by atoms with Crippen LogP contribution in [0.1, 0.15) is 76.7 Å². The lowest BCUT2D eigenvalue weighted by atomic mass is 9.80. The molecular weight excluding hydrogens is 664 g/mol. The predicted octanol–water partition coefficient (Wildman–Crippen LogP) is 7.76. The molecule has 9 nitrogen and oxygen atoms in total. The molecule has 264 valence electrons. The summed E-state index contributed by atoms with van der Waals surface area (Å²) in [5.41, 5.74) is 6.78. The van der Waals surface area contributed by atoms with Gasteiger partial charge >= 0.3 is 0 Å². The minimum Gasteiger partial charge on any atom is -0.493 e. The number of carbonyl (C=O) groups is 2. The molecule has 4 aromatic rings. The van der Waals surface area contributed by atoms with Crippen molar-refractivity contribution < 1.29 is 23.8 Å². The molecule has 6 rings (SSSR count). The lowest BCUT2D eigenvalue weighted by molar-refractivity contribution is -0.126. The summed E-state index contributed by atoms with van der Waals surface area (Å²) in [6, 6.07) is 19.2. The van der Waals surface area contributed by atoms with Gasteiger partial charge in [-0.25, -0.2) is 0 Å². The molecule has 0 radical (unpaired) electrons. The number of hydrogen-bond donors (Lipinski definition) is 1. The smallest absolute Gasteiger partial charge is 0.220 e. The summed E-state index contributed by atoms with van der Waals surface area (Å²) in [4.78, 5) is 30.3. The maximum atomic E-state index is 12.0. The Morgan fingerprint density at radius 1 is 0.941 bits per heavy atom. The molecule has 3 heterocycles. The van der Waals surface area contributed by atoms with Gasteiger partial charge in [-0.15, -0.1) is 0 Å². The highest BCUT2D eigenvalue weighted by Crippen LogP contribution is 2.36. The predicted molar refractivity (Wildman–Crippen MR) is 196 cm³/mol. The van der Waals surface area contributed by atoms with Crippen LogP contribution in [0, 0.1) is 25.2 Å². The second-order valence-corrected chi connectivity index (χ2v) is 13.9. The fourth-order valence-electron chi connectivity index (χ4n) is 7.07. The van der Waals surface area contributed by atoms with E-state index in [0.717, 1.165) is 85.3 Å². The SMILES string of the molecule is Cc1c(COc2cc(OCc3cncc(C#N)c3)c(C=O)cc2Cl)cccc1-c1cccc(OCCCN2CCC3(CCCC(=O)N3)CC2)c1C. The number of aldehydes is 1. The minimum atomic E-state index is 0.0159. The third kappa shape index (κ3) is 8.70. The van der Waals surface area contributed by atoms with Crippen LogP contribution in [0.3, 0.4) is 0 Å². The lowest BCUT2D eigenvalue weighted by Crippen LogP contribution is -2.57. The molecule has 2 aliphatic heterocycles. The zero-order valence-corrected chi connectivity index (χ0v) is 29.9. The van der Waals surface area contributed by atoms with E-state index in [0.29, 0.717) is 52.5 Å². The molecule has 1 amide bonds. The molecule has 0 atom stereocenters.